The number of piperazine rings is 1. The number of hydrogen-bond donors (Lipinski definition) is 1. The summed E-state index contributed by atoms with van der Waals surface area (Å²) in [4.78, 5) is 6.72. The summed E-state index contributed by atoms with van der Waals surface area (Å²) < 4.78 is 5.21. The third-order valence-corrected chi connectivity index (χ3v) is 3.97. The zero-order valence-corrected chi connectivity index (χ0v) is 11.8. The van der Waals surface area contributed by atoms with Crippen molar-refractivity contribution in [3.05, 3.63) is 11.7 Å². The number of hydrogen-bond acceptors (Lipinski definition) is 5. The van der Waals surface area contributed by atoms with Crippen LogP contribution >= 0.6 is 0 Å². The van der Waals surface area contributed by atoms with E-state index >= 15 is 0 Å². The Bertz CT molecular complexity index is 379. The first kappa shape index (κ1) is 13.5. The smallest absolute Gasteiger partial charge is 0.240 e. The molecule has 1 N–H and O–H groups in total. The molecule has 1 aliphatic rings. The Morgan fingerprint density at radius 1 is 1.56 bits per heavy atom. The van der Waals surface area contributed by atoms with Crippen LogP contribution in [0.25, 0.3) is 0 Å². The Hall–Kier alpha value is -0.940. The van der Waals surface area contributed by atoms with Gasteiger partial charge in [0.15, 0.2) is 5.82 Å². The zero-order valence-electron chi connectivity index (χ0n) is 11.8. The minimum Gasteiger partial charge on any atom is -0.338 e. The van der Waals surface area contributed by atoms with Gasteiger partial charge in [0, 0.05) is 25.2 Å². The maximum absolute atomic E-state index is 5.21. The molecule has 0 radical (unpaired) electrons. The van der Waals surface area contributed by atoms with Crippen LogP contribution in [0.4, 0.5) is 0 Å². The van der Waals surface area contributed by atoms with E-state index < -0.39 is 0 Å². The Labute approximate surface area is 109 Å². The monoisotopic (exact) mass is 252 g/mol. The molecule has 0 aliphatic carbocycles. The molecule has 2 heterocycles. The zero-order chi connectivity index (χ0) is 13.1. The van der Waals surface area contributed by atoms with Crippen molar-refractivity contribution in [3.63, 3.8) is 0 Å². The normalized spacial score (nSPS) is 27.3. The molecule has 0 aromatic carbocycles. The Kier molecular flexibility index (Phi) is 4.35. The van der Waals surface area contributed by atoms with Crippen molar-refractivity contribution >= 4 is 0 Å². The molecule has 0 bridgehead atoms. The van der Waals surface area contributed by atoms with E-state index in [2.05, 4.69) is 41.1 Å². The lowest BCUT2D eigenvalue weighted by Crippen LogP contribution is -2.56. The number of aromatic nitrogens is 2. The molecule has 5 nitrogen and oxygen atoms in total. The molecular weight excluding hydrogens is 228 g/mol. The van der Waals surface area contributed by atoms with Gasteiger partial charge in [-0.15, -0.1) is 0 Å². The Balaban J connectivity index is 1.97. The highest BCUT2D eigenvalue weighted by Crippen LogP contribution is 2.17. The number of aryl methyl sites for hydroxylation is 1. The lowest BCUT2D eigenvalue weighted by Gasteiger charge is -2.40. The summed E-state index contributed by atoms with van der Waals surface area (Å²) >= 11 is 0. The molecule has 1 saturated heterocycles. The predicted octanol–water partition coefficient (Wildman–Crippen LogP) is 1.59. The molecule has 0 spiro atoms. The van der Waals surface area contributed by atoms with Gasteiger partial charge in [0.05, 0.1) is 6.54 Å². The first-order valence-corrected chi connectivity index (χ1v) is 6.86. The van der Waals surface area contributed by atoms with Crippen LogP contribution in [-0.4, -0.2) is 40.2 Å². The van der Waals surface area contributed by atoms with E-state index in [1.165, 1.54) is 6.42 Å². The second-order valence-corrected chi connectivity index (χ2v) is 5.41. The summed E-state index contributed by atoms with van der Waals surface area (Å²) in [6, 6.07) is 1.08. The molecule has 3 unspecified atom stereocenters. The highest BCUT2D eigenvalue weighted by molar-refractivity contribution is 4.90. The number of rotatable bonds is 4. The average Bonchev–Trinajstić information content (AvgIpc) is 2.76. The maximum atomic E-state index is 5.21. The minimum absolute atomic E-state index is 0.512. The van der Waals surface area contributed by atoms with Crippen molar-refractivity contribution in [2.75, 3.05) is 13.1 Å². The quantitative estimate of drug-likeness (QED) is 0.882. The third-order valence-electron chi connectivity index (χ3n) is 3.97. The van der Waals surface area contributed by atoms with E-state index in [9.17, 15) is 0 Å². The molecule has 5 heteroatoms. The van der Waals surface area contributed by atoms with Crippen LogP contribution in [0.1, 0.15) is 38.9 Å². The summed E-state index contributed by atoms with van der Waals surface area (Å²) in [7, 11) is 0. The molecule has 2 rings (SSSR count). The van der Waals surface area contributed by atoms with E-state index in [1.54, 1.807) is 0 Å². The van der Waals surface area contributed by atoms with Gasteiger partial charge >= 0.3 is 0 Å². The van der Waals surface area contributed by atoms with Gasteiger partial charge in [0.2, 0.25) is 5.89 Å². The first-order valence-electron chi connectivity index (χ1n) is 6.86. The van der Waals surface area contributed by atoms with Gasteiger partial charge in [-0.1, -0.05) is 25.4 Å². The standard InChI is InChI=1S/C13H24N4O/c1-5-9(2)12-7-17(10(3)6-14-12)8-13-15-11(4)16-18-13/h9-10,12,14H,5-8H2,1-4H3. The predicted molar refractivity (Wildman–Crippen MR) is 70.2 cm³/mol. The van der Waals surface area contributed by atoms with E-state index in [-0.39, 0.29) is 0 Å². The first-order chi connectivity index (χ1) is 8.60. The van der Waals surface area contributed by atoms with E-state index in [0.29, 0.717) is 23.8 Å². The number of nitrogens with zero attached hydrogens (tertiary/aromatic N) is 3. The van der Waals surface area contributed by atoms with Gasteiger partial charge in [0.25, 0.3) is 0 Å². The van der Waals surface area contributed by atoms with E-state index in [0.717, 1.165) is 25.5 Å². The topological polar surface area (TPSA) is 54.2 Å². The van der Waals surface area contributed by atoms with Crippen LogP contribution in [0.15, 0.2) is 4.52 Å². The molecule has 0 saturated carbocycles. The lowest BCUT2D eigenvalue weighted by atomic mass is 9.96. The van der Waals surface area contributed by atoms with Crippen LogP contribution in [0.5, 0.6) is 0 Å². The van der Waals surface area contributed by atoms with Gasteiger partial charge in [-0.3, -0.25) is 4.90 Å². The Morgan fingerprint density at radius 2 is 2.33 bits per heavy atom. The second-order valence-electron chi connectivity index (χ2n) is 5.41. The highest BCUT2D eigenvalue weighted by Gasteiger charge is 2.28. The summed E-state index contributed by atoms with van der Waals surface area (Å²) in [6.07, 6.45) is 1.21. The fourth-order valence-electron chi connectivity index (χ4n) is 2.41. The van der Waals surface area contributed by atoms with Crippen molar-refractivity contribution in [1.29, 1.82) is 0 Å². The molecule has 3 atom stereocenters. The SMILES string of the molecule is CCC(C)C1CN(Cc2nc(C)no2)C(C)CN1. The van der Waals surface area contributed by atoms with Gasteiger partial charge in [-0.25, -0.2) is 0 Å². The summed E-state index contributed by atoms with van der Waals surface area (Å²) in [6.45, 7) is 11.5. The molecule has 1 aromatic rings. The fraction of sp³-hybridized carbons (Fsp3) is 0.846. The largest absolute Gasteiger partial charge is 0.338 e. The highest BCUT2D eigenvalue weighted by atomic mass is 16.5. The molecular formula is C13H24N4O. The maximum Gasteiger partial charge on any atom is 0.240 e. The van der Waals surface area contributed by atoms with Crippen molar-refractivity contribution in [1.82, 2.24) is 20.4 Å². The van der Waals surface area contributed by atoms with Gasteiger partial charge < -0.3 is 9.84 Å². The average molecular weight is 252 g/mol. The van der Waals surface area contributed by atoms with Crippen LogP contribution < -0.4 is 5.32 Å². The van der Waals surface area contributed by atoms with Crippen LogP contribution in [-0.2, 0) is 6.54 Å². The number of nitrogens with one attached hydrogen (secondary N) is 1. The van der Waals surface area contributed by atoms with Crippen molar-refractivity contribution in [3.8, 4) is 0 Å². The van der Waals surface area contributed by atoms with Crippen molar-refractivity contribution in [2.45, 2.75) is 52.7 Å². The molecule has 1 aliphatic heterocycles. The lowest BCUT2D eigenvalue weighted by molar-refractivity contribution is 0.0996. The summed E-state index contributed by atoms with van der Waals surface area (Å²) in [5.41, 5.74) is 0. The molecule has 18 heavy (non-hydrogen) atoms. The fourth-order valence-corrected chi connectivity index (χ4v) is 2.41. The minimum atomic E-state index is 0.512. The van der Waals surface area contributed by atoms with Gasteiger partial charge in [-0.2, -0.15) is 4.98 Å². The van der Waals surface area contributed by atoms with Crippen LogP contribution in [0, 0.1) is 12.8 Å². The Morgan fingerprint density at radius 3 is 2.94 bits per heavy atom. The third kappa shape index (κ3) is 3.09. The van der Waals surface area contributed by atoms with Crippen LogP contribution in [0.3, 0.4) is 0 Å². The molecule has 0 amide bonds. The molecule has 1 fully saturated rings. The van der Waals surface area contributed by atoms with Crippen LogP contribution in [0.2, 0.25) is 0 Å². The van der Waals surface area contributed by atoms with Gasteiger partial charge in [0.1, 0.15) is 0 Å². The second kappa shape index (κ2) is 5.80. The van der Waals surface area contributed by atoms with Gasteiger partial charge in [-0.05, 0) is 19.8 Å². The summed E-state index contributed by atoms with van der Waals surface area (Å²) in [5, 5.41) is 7.48. The molecule has 1 aromatic heterocycles. The van der Waals surface area contributed by atoms with Crippen molar-refractivity contribution < 1.29 is 4.52 Å². The summed E-state index contributed by atoms with van der Waals surface area (Å²) in [5.74, 6) is 2.14. The van der Waals surface area contributed by atoms with E-state index in [1.807, 2.05) is 6.92 Å². The van der Waals surface area contributed by atoms with E-state index in [4.69, 9.17) is 4.52 Å². The van der Waals surface area contributed by atoms with Crippen molar-refractivity contribution in [2.24, 2.45) is 5.92 Å². The molecule has 102 valence electrons.